The first kappa shape index (κ1) is 13.7. The monoisotopic (exact) mass is 280 g/mol. The molecule has 1 unspecified atom stereocenters. The SMILES string of the molecule is Cc1ccccc1C(C)NC(=O)[C@@H]1Cc2ccccc2N1. The van der Waals surface area contributed by atoms with Gasteiger partial charge in [0.15, 0.2) is 0 Å². The molecule has 21 heavy (non-hydrogen) atoms. The average Bonchev–Trinajstić information content (AvgIpc) is 2.91. The summed E-state index contributed by atoms with van der Waals surface area (Å²) in [6.07, 6.45) is 0.752. The van der Waals surface area contributed by atoms with Gasteiger partial charge >= 0.3 is 0 Å². The summed E-state index contributed by atoms with van der Waals surface area (Å²) >= 11 is 0. The molecule has 1 aliphatic heterocycles. The highest BCUT2D eigenvalue weighted by Gasteiger charge is 2.27. The number of nitrogens with one attached hydrogen (secondary N) is 2. The largest absolute Gasteiger partial charge is 0.373 e. The van der Waals surface area contributed by atoms with Crippen molar-refractivity contribution in [1.82, 2.24) is 5.32 Å². The fourth-order valence-corrected chi connectivity index (χ4v) is 2.92. The van der Waals surface area contributed by atoms with Crippen molar-refractivity contribution in [3.63, 3.8) is 0 Å². The molecule has 0 radical (unpaired) electrons. The molecule has 2 aromatic carbocycles. The van der Waals surface area contributed by atoms with E-state index >= 15 is 0 Å². The lowest BCUT2D eigenvalue weighted by atomic mass is 10.0. The molecule has 0 spiro atoms. The summed E-state index contributed by atoms with van der Waals surface area (Å²) in [5, 5.41) is 6.41. The predicted molar refractivity (Wildman–Crippen MR) is 85.3 cm³/mol. The van der Waals surface area contributed by atoms with Crippen LogP contribution in [0.5, 0.6) is 0 Å². The van der Waals surface area contributed by atoms with Crippen LogP contribution in [-0.2, 0) is 11.2 Å². The Morgan fingerprint density at radius 1 is 1.19 bits per heavy atom. The van der Waals surface area contributed by atoms with Crippen molar-refractivity contribution in [3.05, 3.63) is 65.2 Å². The quantitative estimate of drug-likeness (QED) is 0.906. The molecule has 1 heterocycles. The topological polar surface area (TPSA) is 41.1 Å². The first-order valence-electron chi connectivity index (χ1n) is 7.35. The molecule has 0 aromatic heterocycles. The summed E-state index contributed by atoms with van der Waals surface area (Å²) in [5.74, 6) is 0.0574. The maximum Gasteiger partial charge on any atom is 0.243 e. The van der Waals surface area contributed by atoms with E-state index in [0.29, 0.717) is 0 Å². The van der Waals surface area contributed by atoms with Gasteiger partial charge in [-0.2, -0.15) is 0 Å². The van der Waals surface area contributed by atoms with Crippen molar-refractivity contribution >= 4 is 11.6 Å². The van der Waals surface area contributed by atoms with E-state index in [0.717, 1.165) is 12.1 Å². The van der Waals surface area contributed by atoms with Gasteiger partial charge in [-0.15, -0.1) is 0 Å². The van der Waals surface area contributed by atoms with Gasteiger partial charge in [0.1, 0.15) is 6.04 Å². The van der Waals surface area contributed by atoms with Crippen molar-refractivity contribution in [3.8, 4) is 0 Å². The number of hydrogen-bond acceptors (Lipinski definition) is 2. The highest BCUT2D eigenvalue weighted by Crippen LogP contribution is 2.26. The second kappa shape index (κ2) is 5.60. The molecular formula is C18H20N2O. The Hall–Kier alpha value is -2.29. The third kappa shape index (κ3) is 2.77. The first-order valence-corrected chi connectivity index (χ1v) is 7.35. The van der Waals surface area contributed by atoms with Crippen molar-refractivity contribution in [2.45, 2.75) is 32.4 Å². The fraction of sp³-hybridized carbons (Fsp3) is 0.278. The summed E-state index contributed by atoms with van der Waals surface area (Å²) in [5.41, 5.74) is 4.65. The van der Waals surface area contributed by atoms with E-state index < -0.39 is 0 Å². The minimum Gasteiger partial charge on any atom is -0.373 e. The van der Waals surface area contributed by atoms with E-state index in [1.165, 1.54) is 16.7 Å². The smallest absolute Gasteiger partial charge is 0.243 e. The number of fused-ring (bicyclic) bond motifs is 1. The highest BCUT2D eigenvalue weighted by molar-refractivity contribution is 5.87. The number of carbonyl (C=O) groups is 1. The Morgan fingerprint density at radius 3 is 2.67 bits per heavy atom. The summed E-state index contributed by atoms with van der Waals surface area (Å²) in [6.45, 7) is 4.10. The lowest BCUT2D eigenvalue weighted by Crippen LogP contribution is -2.39. The van der Waals surface area contributed by atoms with Gasteiger partial charge in [0, 0.05) is 12.1 Å². The molecule has 3 heteroatoms. The summed E-state index contributed by atoms with van der Waals surface area (Å²) < 4.78 is 0. The molecule has 0 saturated heterocycles. The predicted octanol–water partition coefficient (Wildman–Crippen LogP) is 3.21. The number of anilines is 1. The Labute approximate surface area is 125 Å². The molecule has 108 valence electrons. The van der Waals surface area contributed by atoms with Gasteiger partial charge in [-0.3, -0.25) is 4.79 Å². The summed E-state index contributed by atoms with van der Waals surface area (Å²) in [4.78, 5) is 12.4. The Balaban J connectivity index is 1.67. The molecule has 1 aliphatic rings. The number of rotatable bonds is 3. The van der Waals surface area contributed by atoms with Crippen LogP contribution >= 0.6 is 0 Å². The zero-order chi connectivity index (χ0) is 14.8. The Morgan fingerprint density at radius 2 is 1.90 bits per heavy atom. The molecule has 2 atom stereocenters. The van der Waals surface area contributed by atoms with Crippen LogP contribution in [0.3, 0.4) is 0 Å². The number of amides is 1. The minimum absolute atomic E-state index is 0.0178. The zero-order valence-corrected chi connectivity index (χ0v) is 12.4. The van der Waals surface area contributed by atoms with Crippen LogP contribution in [0.2, 0.25) is 0 Å². The van der Waals surface area contributed by atoms with Crippen LogP contribution in [0.25, 0.3) is 0 Å². The molecular weight excluding hydrogens is 260 g/mol. The van der Waals surface area contributed by atoms with E-state index in [1.807, 2.05) is 37.3 Å². The molecule has 3 rings (SSSR count). The van der Waals surface area contributed by atoms with Crippen molar-refractivity contribution in [2.75, 3.05) is 5.32 Å². The van der Waals surface area contributed by atoms with Gasteiger partial charge in [-0.05, 0) is 36.6 Å². The van der Waals surface area contributed by atoms with Gasteiger partial charge in [-0.25, -0.2) is 0 Å². The Bertz CT molecular complexity index is 641. The lowest BCUT2D eigenvalue weighted by Gasteiger charge is -2.19. The van der Waals surface area contributed by atoms with Crippen LogP contribution in [-0.4, -0.2) is 11.9 Å². The molecule has 0 fully saturated rings. The van der Waals surface area contributed by atoms with E-state index in [1.54, 1.807) is 0 Å². The second-order valence-electron chi connectivity index (χ2n) is 5.65. The normalized spacial score (nSPS) is 17.7. The molecule has 2 aromatic rings. The number of carbonyl (C=O) groups excluding carboxylic acids is 1. The second-order valence-corrected chi connectivity index (χ2v) is 5.65. The fourth-order valence-electron chi connectivity index (χ4n) is 2.92. The lowest BCUT2D eigenvalue weighted by molar-refractivity contribution is -0.122. The Kier molecular flexibility index (Phi) is 3.65. The molecule has 2 N–H and O–H groups in total. The van der Waals surface area contributed by atoms with E-state index in [9.17, 15) is 4.79 Å². The minimum atomic E-state index is -0.172. The average molecular weight is 280 g/mol. The van der Waals surface area contributed by atoms with Crippen molar-refractivity contribution in [2.24, 2.45) is 0 Å². The molecule has 1 amide bonds. The standard InChI is InChI=1S/C18H20N2O/c1-12-7-3-5-9-15(12)13(2)19-18(21)17-11-14-8-4-6-10-16(14)20-17/h3-10,13,17,20H,11H2,1-2H3,(H,19,21)/t13?,17-/m0/s1. The third-order valence-corrected chi connectivity index (χ3v) is 4.10. The van der Waals surface area contributed by atoms with E-state index in [2.05, 4.69) is 35.8 Å². The van der Waals surface area contributed by atoms with Crippen LogP contribution in [0.4, 0.5) is 5.69 Å². The van der Waals surface area contributed by atoms with E-state index in [4.69, 9.17) is 0 Å². The number of benzene rings is 2. The zero-order valence-electron chi connectivity index (χ0n) is 12.4. The van der Waals surface area contributed by atoms with Gasteiger partial charge in [-0.1, -0.05) is 42.5 Å². The van der Waals surface area contributed by atoms with Gasteiger partial charge < -0.3 is 10.6 Å². The van der Waals surface area contributed by atoms with Gasteiger partial charge in [0.25, 0.3) is 0 Å². The highest BCUT2D eigenvalue weighted by atomic mass is 16.2. The van der Waals surface area contributed by atoms with Crippen LogP contribution < -0.4 is 10.6 Å². The summed E-state index contributed by atoms with van der Waals surface area (Å²) in [6, 6.07) is 16.1. The van der Waals surface area contributed by atoms with Gasteiger partial charge in [0.05, 0.1) is 6.04 Å². The maximum atomic E-state index is 12.4. The molecule has 0 saturated carbocycles. The summed E-state index contributed by atoms with van der Waals surface area (Å²) in [7, 11) is 0. The third-order valence-electron chi connectivity index (χ3n) is 4.10. The molecule has 0 bridgehead atoms. The van der Waals surface area contributed by atoms with Crippen LogP contribution in [0, 0.1) is 6.92 Å². The maximum absolute atomic E-state index is 12.4. The van der Waals surface area contributed by atoms with Crippen LogP contribution in [0.1, 0.15) is 29.7 Å². The van der Waals surface area contributed by atoms with Gasteiger partial charge in [0.2, 0.25) is 5.91 Å². The first-order chi connectivity index (χ1) is 10.1. The molecule has 3 nitrogen and oxygen atoms in total. The van der Waals surface area contributed by atoms with Crippen molar-refractivity contribution in [1.29, 1.82) is 0 Å². The number of para-hydroxylation sites is 1. The van der Waals surface area contributed by atoms with Crippen LogP contribution in [0.15, 0.2) is 48.5 Å². The van der Waals surface area contributed by atoms with E-state index in [-0.39, 0.29) is 18.0 Å². The van der Waals surface area contributed by atoms with Crippen molar-refractivity contribution < 1.29 is 4.79 Å². The molecule has 0 aliphatic carbocycles. The number of hydrogen-bond donors (Lipinski definition) is 2. The number of aryl methyl sites for hydroxylation is 1.